The summed E-state index contributed by atoms with van der Waals surface area (Å²) in [6.45, 7) is 1.01. The second-order valence-electron chi connectivity index (χ2n) is 4.34. The van der Waals surface area contributed by atoms with Crippen LogP contribution in [0.15, 0.2) is 21.5 Å². The molecule has 2 rings (SSSR count). The van der Waals surface area contributed by atoms with Gasteiger partial charge in [-0.05, 0) is 47.4 Å². The van der Waals surface area contributed by atoms with Crippen molar-refractivity contribution in [3.05, 3.63) is 28.2 Å². The van der Waals surface area contributed by atoms with Crippen LogP contribution in [0.1, 0.15) is 12.8 Å². The number of hydrogen-bond donors (Lipinski definition) is 2. The van der Waals surface area contributed by atoms with Crippen molar-refractivity contribution in [1.29, 1.82) is 0 Å². The molecule has 8 heteroatoms. The van der Waals surface area contributed by atoms with Crippen molar-refractivity contribution in [2.75, 3.05) is 13.1 Å². The van der Waals surface area contributed by atoms with E-state index in [1.54, 1.807) is 0 Å². The molecule has 0 aromatic heterocycles. The summed E-state index contributed by atoms with van der Waals surface area (Å²) in [5, 5.41) is 3.11. The van der Waals surface area contributed by atoms with E-state index in [1.807, 2.05) is 0 Å². The molecular weight excluding hydrogens is 342 g/mol. The predicted molar refractivity (Wildman–Crippen MR) is 70.3 cm³/mol. The molecule has 19 heavy (non-hydrogen) atoms. The van der Waals surface area contributed by atoms with Crippen LogP contribution in [-0.4, -0.2) is 27.5 Å². The first-order chi connectivity index (χ1) is 8.90. The topological polar surface area (TPSA) is 58.2 Å². The molecular formula is C11H13BrF2N2O2S. The Morgan fingerprint density at radius 3 is 2.74 bits per heavy atom. The summed E-state index contributed by atoms with van der Waals surface area (Å²) in [5.74, 6) is -1.80. The van der Waals surface area contributed by atoms with Crippen LogP contribution in [0.2, 0.25) is 0 Å². The molecule has 2 N–H and O–H groups in total. The van der Waals surface area contributed by atoms with E-state index in [9.17, 15) is 17.2 Å². The van der Waals surface area contributed by atoms with Gasteiger partial charge in [0.1, 0.15) is 16.5 Å². The van der Waals surface area contributed by atoms with Gasteiger partial charge < -0.3 is 5.32 Å². The predicted octanol–water partition coefficient (Wildman–Crippen LogP) is 1.76. The standard InChI is InChI=1S/C11H13BrF2N2O2S/c12-8-4-10(14)11(5-9(8)13)19(17,18)16-6-7-2-1-3-15-7/h4-5,7,15-16H,1-3,6H2. The maximum Gasteiger partial charge on any atom is 0.243 e. The number of benzene rings is 1. The van der Waals surface area contributed by atoms with Gasteiger partial charge in [-0.3, -0.25) is 0 Å². The van der Waals surface area contributed by atoms with Crippen LogP contribution >= 0.6 is 15.9 Å². The van der Waals surface area contributed by atoms with E-state index in [2.05, 4.69) is 26.0 Å². The van der Waals surface area contributed by atoms with Crippen molar-refractivity contribution < 1.29 is 17.2 Å². The van der Waals surface area contributed by atoms with Gasteiger partial charge in [0.2, 0.25) is 10.0 Å². The molecule has 1 atom stereocenters. The third-order valence-electron chi connectivity index (χ3n) is 2.95. The maximum absolute atomic E-state index is 13.6. The van der Waals surface area contributed by atoms with Crippen LogP contribution in [0.4, 0.5) is 8.78 Å². The Bertz CT molecular complexity index is 574. The smallest absolute Gasteiger partial charge is 0.243 e. The maximum atomic E-state index is 13.6. The van der Waals surface area contributed by atoms with Crippen LogP contribution in [0.5, 0.6) is 0 Å². The molecule has 0 radical (unpaired) electrons. The molecule has 0 saturated carbocycles. The quantitative estimate of drug-likeness (QED) is 0.810. The lowest BCUT2D eigenvalue weighted by atomic mass is 10.2. The van der Waals surface area contributed by atoms with Crippen molar-refractivity contribution in [2.24, 2.45) is 0 Å². The molecule has 0 spiro atoms. The van der Waals surface area contributed by atoms with Gasteiger partial charge in [0.25, 0.3) is 0 Å². The van der Waals surface area contributed by atoms with Crippen LogP contribution in [0.3, 0.4) is 0 Å². The molecule has 1 unspecified atom stereocenters. The number of hydrogen-bond acceptors (Lipinski definition) is 3. The molecule has 4 nitrogen and oxygen atoms in total. The fourth-order valence-electron chi connectivity index (χ4n) is 1.93. The van der Waals surface area contributed by atoms with Gasteiger partial charge in [-0.1, -0.05) is 0 Å². The first kappa shape index (κ1) is 14.8. The van der Waals surface area contributed by atoms with Crippen LogP contribution in [0, 0.1) is 11.6 Å². The summed E-state index contributed by atoms with van der Waals surface area (Å²) in [7, 11) is -4.04. The molecule has 1 saturated heterocycles. The van der Waals surface area contributed by atoms with Crippen molar-refractivity contribution >= 4 is 26.0 Å². The monoisotopic (exact) mass is 354 g/mol. The minimum absolute atomic E-state index is 0.0399. The summed E-state index contributed by atoms with van der Waals surface area (Å²) in [6.07, 6.45) is 1.84. The largest absolute Gasteiger partial charge is 0.313 e. The summed E-state index contributed by atoms with van der Waals surface area (Å²) >= 11 is 2.80. The molecule has 1 aliphatic heterocycles. The second-order valence-corrected chi connectivity index (χ2v) is 6.93. The Labute approximate surface area is 118 Å². The zero-order valence-electron chi connectivity index (χ0n) is 9.92. The Morgan fingerprint density at radius 1 is 1.37 bits per heavy atom. The average molecular weight is 355 g/mol. The fourth-order valence-corrected chi connectivity index (χ4v) is 3.40. The minimum Gasteiger partial charge on any atom is -0.313 e. The molecule has 0 bridgehead atoms. The van der Waals surface area contributed by atoms with Gasteiger partial charge in [-0.25, -0.2) is 21.9 Å². The van der Waals surface area contributed by atoms with E-state index in [4.69, 9.17) is 0 Å². The highest BCUT2D eigenvalue weighted by Crippen LogP contribution is 2.23. The zero-order valence-corrected chi connectivity index (χ0v) is 12.3. The van der Waals surface area contributed by atoms with Crippen LogP contribution in [0.25, 0.3) is 0 Å². The van der Waals surface area contributed by atoms with Crippen LogP contribution < -0.4 is 10.0 Å². The van der Waals surface area contributed by atoms with Gasteiger partial charge in [0.15, 0.2) is 0 Å². The summed E-state index contributed by atoms with van der Waals surface area (Å²) < 4.78 is 52.9. The van der Waals surface area contributed by atoms with Gasteiger partial charge in [0, 0.05) is 12.6 Å². The second kappa shape index (κ2) is 5.82. The van der Waals surface area contributed by atoms with Gasteiger partial charge >= 0.3 is 0 Å². The summed E-state index contributed by atoms with van der Waals surface area (Å²) in [4.78, 5) is -0.675. The van der Waals surface area contributed by atoms with Gasteiger partial charge in [-0.15, -0.1) is 0 Å². The van der Waals surface area contributed by atoms with E-state index in [1.165, 1.54) is 0 Å². The molecule has 1 aromatic rings. The van der Waals surface area contributed by atoms with E-state index in [0.29, 0.717) is 6.07 Å². The number of sulfonamides is 1. The van der Waals surface area contributed by atoms with E-state index in [0.717, 1.165) is 25.5 Å². The first-order valence-electron chi connectivity index (χ1n) is 5.78. The highest BCUT2D eigenvalue weighted by Gasteiger charge is 2.23. The SMILES string of the molecule is O=S(=O)(NCC1CCCN1)c1cc(F)c(Br)cc1F. The minimum atomic E-state index is -4.04. The highest BCUT2D eigenvalue weighted by atomic mass is 79.9. The van der Waals surface area contributed by atoms with E-state index >= 15 is 0 Å². The lowest BCUT2D eigenvalue weighted by Gasteiger charge is -2.12. The normalized spacial score (nSPS) is 19.8. The number of halogens is 3. The van der Waals surface area contributed by atoms with Crippen molar-refractivity contribution in [3.8, 4) is 0 Å². The molecule has 1 aromatic carbocycles. The van der Waals surface area contributed by atoms with Crippen molar-refractivity contribution in [2.45, 2.75) is 23.8 Å². The Hall–Kier alpha value is -0.570. The van der Waals surface area contributed by atoms with Gasteiger partial charge in [0.05, 0.1) is 4.47 Å². The number of rotatable bonds is 4. The lowest BCUT2D eigenvalue weighted by Crippen LogP contribution is -2.37. The Balaban J connectivity index is 2.16. The molecule has 1 fully saturated rings. The highest BCUT2D eigenvalue weighted by molar-refractivity contribution is 9.10. The zero-order chi connectivity index (χ0) is 14.0. The molecule has 1 heterocycles. The fraction of sp³-hybridized carbons (Fsp3) is 0.455. The van der Waals surface area contributed by atoms with E-state index < -0.39 is 26.6 Å². The summed E-state index contributed by atoms with van der Waals surface area (Å²) in [6, 6.07) is 1.51. The van der Waals surface area contributed by atoms with Crippen molar-refractivity contribution in [1.82, 2.24) is 10.0 Å². The lowest BCUT2D eigenvalue weighted by molar-refractivity contribution is 0.531. The molecule has 0 aliphatic carbocycles. The van der Waals surface area contributed by atoms with Crippen LogP contribution in [-0.2, 0) is 10.0 Å². The van der Waals surface area contributed by atoms with Crippen molar-refractivity contribution in [3.63, 3.8) is 0 Å². The molecule has 106 valence electrons. The Morgan fingerprint density at radius 2 is 2.11 bits per heavy atom. The average Bonchev–Trinajstić information content (AvgIpc) is 2.84. The first-order valence-corrected chi connectivity index (χ1v) is 8.05. The third-order valence-corrected chi connectivity index (χ3v) is 4.99. The Kier molecular flexibility index (Phi) is 4.54. The third kappa shape index (κ3) is 3.50. The van der Waals surface area contributed by atoms with Gasteiger partial charge in [-0.2, -0.15) is 0 Å². The summed E-state index contributed by atoms with van der Waals surface area (Å²) in [5.41, 5.74) is 0. The molecule has 1 aliphatic rings. The molecule has 0 amide bonds. The van der Waals surface area contributed by atoms with E-state index in [-0.39, 0.29) is 17.1 Å². The number of nitrogens with one attached hydrogen (secondary N) is 2.